The fourth-order valence-corrected chi connectivity index (χ4v) is 6.61. The molecule has 2 aliphatic rings. The van der Waals surface area contributed by atoms with Crippen LogP contribution in [0, 0.1) is 25.7 Å². The Hall–Kier alpha value is -3.64. The van der Waals surface area contributed by atoms with Gasteiger partial charge in [-0.2, -0.15) is 0 Å². The number of carbonyl (C=O) groups is 2. The Morgan fingerprint density at radius 2 is 1.61 bits per heavy atom. The molecule has 1 unspecified atom stereocenters. The lowest BCUT2D eigenvalue weighted by atomic mass is 9.71. The quantitative estimate of drug-likeness (QED) is 0.253. The van der Waals surface area contributed by atoms with Crippen LogP contribution in [-0.2, 0) is 20.8 Å². The average molecular weight is 597 g/mol. The Morgan fingerprint density at radius 3 is 2.30 bits per heavy atom. The number of methoxy groups -OCH3 is 1. The van der Waals surface area contributed by atoms with Gasteiger partial charge in [-0.3, -0.25) is 4.79 Å². The number of aryl methyl sites for hydroxylation is 1. The summed E-state index contributed by atoms with van der Waals surface area (Å²) in [5.74, 6) is -0.327. The Balaban J connectivity index is 1.56. The highest BCUT2D eigenvalue weighted by molar-refractivity contribution is 5.82. The van der Waals surface area contributed by atoms with Crippen molar-refractivity contribution < 1.29 is 19.1 Å². The normalized spacial score (nSPS) is 20.3. The zero-order valence-corrected chi connectivity index (χ0v) is 27.2. The van der Waals surface area contributed by atoms with Gasteiger partial charge in [-0.15, -0.1) is 0 Å². The summed E-state index contributed by atoms with van der Waals surface area (Å²) in [7, 11) is 1.71. The highest BCUT2D eigenvalue weighted by Crippen LogP contribution is 2.43. The summed E-state index contributed by atoms with van der Waals surface area (Å²) in [5.41, 5.74) is 6.43. The minimum atomic E-state index is -0.623. The lowest BCUT2D eigenvalue weighted by Crippen LogP contribution is -2.54. The number of carbonyl (C=O) groups excluding carboxylic acids is 2. The van der Waals surface area contributed by atoms with Gasteiger partial charge in [-0.25, -0.2) is 4.79 Å². The van der Waals surface area contributed by atoms with Crippen molar-refractivity contribution in [3.8, 4) is 11.1 Å². The number of rotatable bonds is 9. The minimum Gasteiger partial charge on any atom is -0.444 e. The zero-order valence-electron chi connectivity index (χ0n) is 27.2. The van der Waals surface area contributed by atoms with Gasteiger partial charge in [0.15, 0.2) is 0 Å². The van der Waals surface area contributed by atoms with Crippen LogP contribution in [0.4, 0.5) is 4.79 Å². The second-order valence-corrected chi connectivity index (χ2v) is 13.6. The second kappa shape index (κ2) is 13.6. The predicted octanol–water partition coefficient (Wildman–Crippen LogP) is 7.76. The van der Waals surface area contributed by atoms with Crippen LogP contribution in [0.1, 0.15) is 68.2 Å². The van der Waals surface area contributed by atoms with Crippen LogP contribution in [-0.4, -0.2) is 60.2 Å². The fraction of sp³-hybridized carbons (Fsp3) is 0.474. The van der Waals surface area contributed by atoms with Crippen molar-refractivity contribution in [3.05, 3.63) is 95.1 Å². The van der Waals surface area contributed by atoms with Gasteiger partial charge in [0.1, 0.15) is 5.60 Å². The number of ether oxygens (including phenoxy) is 2. The number of nitrogens with zero attached hydrogens (tertiary/aromatic N) is 2. The summed E-state index contributed by atoms with van der Waals surface area (Å²) in [6.07, 6.45) is 2.41. The van der Waals surface area contributed by atoms with Gasteiger partial charge in [0.05, 0.1) is 5.92 Å². The average Bonchev–Trinajstić information content (AvgIpc) is 3.85. The highest BCUT2D eigenvalue weighted by Gasteiger charge is 2.47. The van der Waals surface area contributed by atoms with E-state index in [1.807, 2.05) is 26.8 Å². The third-order valence-corrected chi connectivity index (χ3v) is 9.18. The first-order valence-electron chi connectivity index (χ1n) is 16.0. The predicted molar refractivity (Wildman–Crippen MR) is 175 cm³/mol. The molecule has 44 heavy (non-hydrogen) atoms. The van der Waals surface area contributed by atoms with Crippen molar-refractivity contribution in [2.45, 2.75) is 78.0 Å². The summed E-state index contributed by atoms with van der Waals surface area (Å²) < 4.78 is 11.4. The monoisotopic (exact) mass is 596 g/mol. The van der Waals surface area contributed by atoms with E-state index < -0.39 is 11.5 Å². The van der Waals surface area contributed by atoms with E-state index in [0.29, 0.717) is 26.2 Å². The Morgan fingerprint density at radius 1 is 0.909 bits per heavy atom. The molecule has 0 aromatic heterocycles. The van der Waals surface area contributed by atoms with E-state index in [2.05, 4.69) is 85.5 Å². The van der Waals surface area contributed by atoms with Crippen LogP contribution in [0.15, 0.2) is 72.8 Å². The lowest BCUT2D eigenvalue weighted by Gasteiger charge is -2.45. The number of hydrogen-bond donors (Lipinski definition) is 0. The maximum Gasteiger partial charge on any atom is 0.410 e. The molecule has 1 heterocycles. The van der Waals surface area contributed by atoms with E-state index in [9.17, 15) is 9.59 Å². The molecule has 2 fully saturated rings. The molecule has 3 aromatic rings. The number of piperidine rings is 1. The van der Waals surface area contributed by atoms with Gasteiger partial charge in [0, 0.05) is 45.3 Å². The molecule has 3 aromatic carbocycles. The van der Waals surface area contributed by atoms with Gasteiger partial charge in [0.2, 0.25) is 5.91 Å². The maximum atomic E-state index is 14.9. The molecule has 1 aliphatic carbocycles. The van der Waals surface area contributed by atoms with Crippen LogP contribution >= 0.6 is 0 Å². The van der Waals surface area contributed by atoms with E-state index in [4.69, 9.17) is 9.47 Å². The summed E-state index contributed by atoms with van der Waals surface area (Å²) in [6, 6.07) is 25.6. The molecular formula is C38H48N2O4. The van der Waals surface area contributed by atoms with Gasteiger partial charge < -0.3 is 19.3 Å². The van der Waals surface area contributed by atoms with Crippen molar-refractivity contribution in [2.24, 2.45) is 11.8 Å². The van der Waals surface area contributed by atoms with Crippen LogP contribution in [0.2, 0.25) is 0 Å². The second-order valence-electron chi connectivity index (χ2n) is 13.6. The van der Waals surface area contributed by atoms with Gasteiger partial charge >= 0.3 is 6.09 Å². The van der Waals surface area contributed by atoms with Gasteiger partial charge in [0.25, 0.3) is 0 Å². The molecule has 5 rings (SSSR count). The zero-order chi connectivity index (χ0) is 31.4. The summed E-state index contributed by atoms with van der Waals surface area (Å²) in [5, 5.41) is 0. The van der Waals surface area contributed by atoms with E-state index in [0.717, 1.165) is 36.0 Å². The largest absolute Gasteiger partial charge is 0.444 e. The molecule has 0 bridgehead atoms. The van der Waals surface area contributed by atoms with Crippen molar-refractivity contribution >= 4 is 12.0 Å². The Kier molecular flexibility index (Phi) is 9.79. The SMILES string of the molecule is COCCC1CN(C(=O)OC(C)(C)C)C[C@H](C(=O)N(Cc2cccc(C)c2C)C2CC2)[C@H]1c1cccc(-c2ccccc2)c1. The van der Waals surface area contributed by atoms with E-state index >= 15 is 0 Å². The van der Waals surface area contributed by atoms with Crippen molar-refractivity contribution in [1.82, 2.24) is 9.80 Å². The number of benzene rings is 3. The number of likely N-dealkylation sites (tertiary alicyclic amines) is 1. The van der Waals surface area contributed by atoms with E-state index in [1.165, 1.54) is 16.7 Å². The van der Waals surface area contributed by atoms with Crippen molar-refractivity contribution in [1.29, 1.82) is 0 Å². The molecule has 2 amide bonds. The molecule has 0 spiro atoms. The Labute approximate surface area is 263 Å². The number of amides is 2. The van der Waals surface area contributed by atoms with Crippen LogP contribution < -0.4 is 0 Å². The highest BCUT2D eigenvalue weighted by atomic mass is 16.6. The molecule has 1 saturated carbocycles. The fourth-order valence-electron chi connectivity index (χ4n) is 6.61. The molecule has 6 nitrogen and oxygen atoms in total. The molecule has 3 atom stereocenters. The standard InChI is InChI=1S/C38H48N2O4/c1-26-12-10-17-31(27(26)2)24-40(33-18-19-33)36(41)34-25-39(37(42)44-38(3,4)5)23-32(20-21-43-6)35(34)30-16-11-15-29(22-30)28-13-8-7-9-14-28/h7-17,22,32-35H,18-21,23-25H2,1-6H3/t32?,34-,35-/m0/s1. The lowest BCUT2D eigenvalue weighted by molar-refractivity contribution is -0.140. The first-order valence-corrected chi connectivity index (χ1v) is 16.0. The van der Waals surface area contributed by atoms with Crippen LogP contribution in [0.3, 0.4) is 0 Å². The van der Waals surface area contributed by atoms with Crippen LogP contribution in [0.25, 0.3) is 11.1 Å². The van der Waals surface area contributed by atoms with Gasteiger partial charge in [-0.05, 0) is 93.2 Å². The molecule has 6 heteroatoms. The van der Waals surface area contributed by atoms with Crippen LogP contribution in [0.5, 0.6) is 0 Å². The first-order chi connectivity index (χ1) is 21.1. The van der Waals surface area contributed by atoms with Crippen molar-refractivity contribution in [3.63, 3.8) is 0 Å². The minimum absolute atomic E-state index is 0.0259. The molecule has 0 radical (unpaired) electrons. The summed E-state index contributed by atoms with van der Waals surface area (Å²) in [4.78, 5) is 32.3. The molecule has 1 aliphatic heterocycles. The van der Waals surface area contributed by atoms with Gasteiger partial charge in [-0.1, -0.05) is 72.8 Å². The first kappa shape index (κ1) is 31.8. The molecule has 1 saturated heterocycles. The molecule has 234 valence electrons. The molecule has 0 N–H and O–H groups in total. The third-order valence-electron chi connectivity index (χ3n) is 9.18. The van der Waals surface area contributed by atoms with E-state index in [1.54, 1.807) is 12.0 Å². The Bertz CT molecular complexity index is 1440. The third kappa shape index (κ3) is 7.52. The maximum absolute atomic E-state index is 14.9. The smallest absolute Gasteiger partial charge is 0.410 e. The topological polar surface area (TPSA) is 59.1 Å². The summed E-state index contributed by atoms with van der Waals surface area (Å²) >= 11 is 0. The number of hydrogen-bond acceptors (Lipinski definition) is 4. The van der Waals surface area contributed by atoms with E-state index in [-0.39, 0.29) is 29.9 Å². The van der Waals surface area contributed by atoms with Crippen molar-refractivity contribution in [2.75, 3.05) is 26.8 Å². The molecular weight excluding hydrogens is 548 g/mol. The summed E-state index contributed by atoms with van der Waals surface area (Å²) in [6.45, 7) is 11.9.